The van der Waals surface area contributed by atoms with Crippen molar-refractivity contribution in [3.63, 3.8) is 0 Å². The van der Waals surface area contributed by atoms with Crippen molar-refractivity contribution >= 4 is 29.9 Å². The van der Waals surface area contributed by atoms with Gasteiger partial charge < -0.3 is 20.1 Å². The molecule has 26 heavy (non-hydrogen) atoms. The van der Waals surface area contributed by atoms with E-state index in [1.54, 1.807) is 0 Å². The highest BCUT2D eigenvalue weighted by molar-refractivity contribution is 14.0. The van der Waals surface area contributed by atoms with Crippen LogP contribution in [0.5, 0.6) is 5.75 Å². The van der Waals surface area contributed by atoms with Crippen LogP contribution < -0.4 is 15.4 Å². The quantitative estimate of drug-likeness (QED) is 0.205. The van der Waals surface area contributed by atoms with Gasteiger partial charge in [-0.15, -0.1) is 24.0 Å². The van der Waals surface area contributed by atoms with Gasteiger partial charge in [0.15, 0.2) is 5.96 Å². The number of nitrogens with zero attached hydrogens (tertiary/aromatic N) is 1. The van der Waals surface area contributed by atoms with Gasteiger partial charge in [0.25, 0.3) is 0 Å². The lowest BCUT2D eigenvalue weighted by Crippen LogP contribution is -2.37. The van der Waals surface area contributed by atoms with Crippen LogP contribution in [0.3, 0.4) is 0 Å². The molecular formula is C20H36IN3O2. The van der Waals surface area contributed by atoms with Crippen LogP contribution in [-0.4, -0.2) is 38.9 Å². The Hall–Kier alpha value is -1.02. The molecule has 2 N–H and O–H groups in total. The van der Waals surface area contributed by atoms with E-state index in [1.807, 2.05) is 25.1 Å². The van der Waals surface area contributed by atoms with E-state index in [1.165, 1.54) is 0 Å². The molecule has 0 radical (unpaired) electrons. The zero-order valence-electron chi connectivity index (χ0n) is 16.7. The lowest BCUT2D eigenvalue weighted by Gasteiger charge is -2.14. The van der Waals surface area contributed by atoms with E-state index < -0.39 is 0 Å². The van der Waals surface area contributed by atoms with Crippen LogP contribution >= 0.6 is 24.0 Å². The molecule has 0 saturated carbocycles. The third-order valence-electron chi connectivity index (χ3n) is 3.51. The number of unbranched alkanes of at least 4 members (excludes halogenated alkanes) is 1. The Kier molecular flexibility index (Phi) is 15.5. The first-order chi connectivity index (χ1) is 12.2. The van der Waals surface area contributed by atoms with E-state index in [9.17, 15) is 0 Å². The molecule has 0 unspecified atom stereocenters. The molecule has 0 aliphatic rings. The predicted octanol–water partition coefficient (Wildman–Crippen LogP) is 4.21. The van der Waals surface area contributed by atoms with Gasteiger partial charge in [0, 0.05) is 31.9 Å². The van der Waals surface area contributed by atoms with Crippen molar-refractivity contribution in [2.24, 2.45) is 10.9 Å². The van der Waals surface area contributed by atoms with Crippen molar-refractivity contribution in [2.75, 3.05) is 32.9 Å². The summed E-state index contributed by atoms with van der Waals surface area (Å²) in [5.74, 6) is 2.28. The molecule has 6 heteroatoms. The van der Waals surface area contributed by atoms with Crippen LogP contribution in [0.2, 0.25) is 0 Å². The Morgan fingerprint density at radius 1 is 1.12 bits per heavy atom. The van der Waals surface area contributed by atoms with Gasteiger partial charge in [0.2, 0.25) is 0 Å². The second-order valence-corrected chi connectivity index (χ2v) is 6.34. The molecule has 0 amide bonds. The Morgan fingerprint density at radius 2 is 1.88 bits per heavy atom. The van der Waals surface area contributed by atoms with Gasteiger partial charge in [-0.1, -0.05) is 32.0 Å². The van der Waals surface area contributed by atoms with Crippen molar-refractivity contribution in [3.05, 3.63) is 29.8 Å². The minimum absolute atomic E-state index is 0. The zero-order valence-corrected chi connectivity index (χ0v) is 19.0. The summed E-state index contributed by atoms with van der Waals surface area (Å²) in [5, 5.41) is 6.67. The van der Waals surface area contributed by atoms with E-state index in [2.05, 4.69) is 42.5 Å². The van der Waals surface area contributed by atoms with Gasteiger partial charge in [-0.3, -0.25) is 0 Å². The van der Waals surface area contributed by atoms with Crippen molar-refractivity contribution in [1.29, 1.82) is 0 Å². The van der Waals surface area contributed by atoms with Crippen molar-refractivity contribution in [2.45, 2.75) is 47.1 Å². The monoisotopic (exact) mass is 477 g/mol. The maximum Gasteiger partial charge on any atom is 0.191 e. The van der Waals surface area contributed by atoms with E-state index in [0.29, 0.717) is 12.5 Å². The molecule has 0 saturated heterocycles. The molecule has 0 spiro atoms. The van der Waals surface area contributed by atoms with Crippen LogP contribution in [0.4, 0.5) is 0 Å². The van der Waals surface area contributed by atoms with Crippen LogP contribution in [-0.2, 0) is 11.3 Å². The Balaban J connectivity index is 0.00000625. The van der Waals surface area contributed by atoms with E-state index in [0.717, 1.165) is 63.0 Å². The lowest BCUT2D eigenvalue weighted by molar-refractivity contribution is 0.143. The number of guanidine groups is 1. The molecule has 0 atom stereocenters. The summed E-state index contributed by atoms with van der Waals surface area (Å²) in [6, 6.07) is 8.12. The topological polar surface area (TPSA) is 54.9 Å². The molecule has 0 aliphatic heterocycles. The van der Waals surface area contributed by atoms with Crippen molar-refractivity contribution < 1.29 is 9.47 Å². The van der Waals surface area contributed by atoms with E-state index in [4.69, 9.17) is 9.47 Å². The van der Waals surface area contributed by atoms with Gasteiger partial charge >= 0.3 is 0 Å². The van der Waals surface area contributed by atoms with Gasteiger partial charge in [0.05, 0.1) is 13.2 Å². The first-order valence-electron chi connectivity index (χ1n) is 9.48. The van der Waals surface area contributed by atoms with Crippen molar-refractivity contribution in [3.8, 4) is 5.75 Å². The van der Waals surface area contributed by atoms with Crippen LogP contribution in [0.1, 0.15) is 46.1 Å². The van der Waals surface area contributed by atoms with Crippen molar-refractivity contribution in [1.82, 2.24) is 10.6 Å². The summed E-state index contributed by atoms with van der Waals surface area (Å²) in [4.78, 5) is 4.69. The highest BCUT2D eigenvalue weighted by Crippen LogP contribution is 2.19. The molecular weight excluding hydrogens is 441 g/mol. The van der Waals surface area contributed by atoms with Gasteiger partial charge in [0.1, 0.15) is 5.75 Å². The number of hydrogen-bond acceptors (Lipinski definition) is 3. The van der Waals surface area contributed by atoms with Gasteiger partial charge in [-0.05, 0) is 38.7 Å². The van der Waals surface area contributed by atoms with E-state index in [-0.39, 0.29) is 24.0 Å². The molecule has 0 aliphatic carbocycles. The minimum atomic E-state index is 0. The molecule has 1 aromatic rings. The maximum atomic E-state index is 5.90. The van der Waals surface area contributed by atoms with Crippen LogP contribution in [0.15, 0.2) is 29.3 Å². The maximum absolute atomic E-state index is 5.90. The summed E-state index contributed by atoms with van der Waals surface area (Å²) in [6.07, 6.45) is 2.13. The predicted molar refractivity (Wildman–Crippen MR) is 121 cm³/mol. The normalized spacial score (nSPS) is 11.2. The highest BCUT2D eigenvalue weighted by atomic mass is 127. The SMILES string of the molecule is CCNC(=NCc1ccccc1OCC(C)C)NCCCCOCC.I. The third-order valence-corrected chi connectivity index (χ3v) is 3.51. The fourth-order valence-corrected chi connectivity index (χ4v) is 2.22. The first-order valence-corrected chi connectivity index (χ1v) is 9.48. The lowest BCUT2D eigenvalue weighted by atomic mass is 10.2. The largest absolute Gasteiger partial charge is 0.493 e. The fraction of sp³-hybridized carbons (Fsp3) is 0.650. The molecule has 0 heterocycles. The Labute approximate surface area is 176 Å². The molecule has 5 nitrogen and oxygen atoms in total. The average Bonchev–Trinajstić information content (AvgIpc) is 2.61. The van der Waals surface area contributed by atoms with E-state index >= 15 is 0 Å². The number of nitrogens with one attached hydrogen (secondary N) is 2. The minimum Gasteiger partial charge on any atom is -0.493 e. The second-order valence-electron chi connectivity index (χ2n) is 6.34. The van der Waals surface area contributed by atoms with Crippen LogP contribution in [0.25, 0.3) is 0 Å². The molecule has 150 valence electrons. The molecule has 0 bridgehead atoms. The number of para-hydroxylation sites is 1. The number of aliphatic imine (C=N–C) groups is 1. The second kappa shape index (κ2) is 16.2. The summed E-state index contributed by atoms with van der Waals surface area (Å²) >= 11 is 0. The Bertz CT molecular complexity index is 496. The summed E-state index contributed by atoms with van der Waals surface area (Å²) < 4.78 is 11.3. The standard InChI is InChI=1S/C20H35N3O2.HI/c1-5-21-20(22-13-9-10-14-24-6-2)23-15-18-11-7-8-12-19(18)25-16-17(3)4;/h7-8,11-12,17H,5-6,9-10,13-16H2,1-4H3,(H2,21,22,23);1H. The summed E-state index contributed by atoms with van der Waals surface area (Å²) in [7, 11) is 0. The summed E-state index contributed by atoms with van der Waals surface area (Å²) in [5.41, 5.74) is 1.11. The number of hydrogen-bond donors (Lipinski definition) is 2. The number of halogens is 1. The van der Waals surface area contributed by atoms with Crippen LogP contribution in [0, 0.1) is 5.92 Å². The highest BCUT2D eigenvalue weighted by Gasteiger charge is 2.04. The van der Waals surface area contributed by atoms with Gasteiger partial charge in [-0.25, -0.2) is 4.99 Å². The van der Waals surface area contributed by atoms with Gasteiger partial charge in [-0.2, -0.15) is 0 Å². The third kappa shape index (κ3) is 11.6. The number of benzene rings is 1. The molecule has 0 aromatic heterocycles. The average molecular weight is 477 g/mol. The number of ether oxygens (including phenoxy) is 2. The fourth-order valence-electron chi connectivity index (χ4n) is 2.22. The molecule has 1 aromatic carbocycles. The zero-order chi connectivity index (χ0) is 18.3. The summed E-state index contributed by atoms with van der Waals surface area (Å²) in [6.45, 7) is 13.1. The number of rotatable bonds is 12. The molecule has 1 rings (SSSR count). The first kappa shape index (κ1) is 25.0. The molecule has 0 fully saturated rings. The smallest absolute Gasteiger partial charge is 0.191 e. The Morgan fingerprint density at radius 3 is 2.58 bits per heavy atom.